The first kappa shape index (κ1) is 13.6. The van der Waals surface area contributed by atoms with Crippen LogP contribution in [0, 0.1) is 0 Å². The molecular formula is C15H13ClN4O. The number of nitrogens with one attached hydrogen (secondary N) is 2. The Balaban J connectivity index is 1.78. The summed E-state index contributed by atoms with van der Waals surface area (Å²) in [5.74, 6) is -0.157. The number of carbonyl (C=O) groups is 1. The second-order valence-electron chi connectivity index (χ2n) is 4.59. The van der Waals surface area contributed by atoms with Gasteiger partial charge in [-0.1, -0.05) is 29.8 Å². The number of rotatable bonds is 4. The van der Waals surface area contributed by atoms with Gasteiger partial charge in [0.15, 0.2) is 0 Å². The van der Waals surface area contributed by atoms with Gasteiger partial charge in [-0.2, -0.15) is 0 Å². The molecule has 0 spiro atoms. The molecule has 3 rings (SSSR count). The number of amides is 1. The van der Waals surface area contributed by atoms with Gasteiger partial charge >= 0.3 is 0 Å². The third-order valence-corrected chi connectivity index (χ3v) is 3.36. The summed E-state index contributed by atoms with van der Waals surface area (Å²) in [5.41, 5.74) is 2.23. The van der Waals surface area contributed by atoms with Crippen molar-refractivity contribution in [1.82, 2.24) is 20.3 Å². The predicted molar refractivity (Wildman–Crippen MR) is 81.4 cm³/mol. The first-order valence-corrected chi connectivity index (χ1v) is 6.92. The van der Waals surface area contributed by atoms with Gasteiger partial charge in [0.05, 0.1) is 17.4 Å². The molecular weight excluding hydrogens is 288 g/mol. The Morgan fingerprint density at radius 1 is 1.33 bits per heavy atom. The van der Waals surface area contributed by atoms with E-state index in [1.54, 1.807) is 18.6 Å². The van der Waals surface area contributed by atoms with Crippen LogP contribution in [0.25, 0.3) is 10.9 Å². The van der Waals surface area contributed by atoms with Gasteiger partial charge in [0.25, 0.3) is 5.91 Å². The lowest BCUT2D eigenvalue weighted by atomic mass is 10.1. The molecule has 0 aliphatic carbocycles. The molecule has 0 fully saturated rings. The molecule has 0 aliphatic heterocycles. The fraction of sp³-hybridized carbons (Fsp3) is 0.133. The maximum absolute atomic E-state index is 12.3. The Hall–Kier alpha value is -2.40. The number of halogens is 1. The quantitative estimate of drug-likeness (QED) is 0.728. The minimum absolute atomic E-state index is 0.157. The number of H-pyrrole nitrogens is 1. The maximum Gasteiger partial charge on any atom is 0.252 e. The molecule has 0 unspecified atom stereocenters. The van der Waals surface area contributed by atoms with Crippen molar-refractivity contribution in [3.8, 4) is 0 Å². The summed E-state index contributed by atoms with van der Waals surface area (Å²) >= 11 is 5.98. The average Bonchev–Trinajstić information content (AvgIpc) is 2.99. The Morgan fingerprint density at radius 3 is 3.00 bits per heavy atom. The fourth-order valence-electron chi connectivity index (χ4n) is 2.16. The van der Waals surface area contributed by atoms with Crippen LogP contribution in [0.15, 0.2) is 42.9 Å². The molecule has 2 N–H and O–H groups in total. The summed E-state index contributed by atoms with van der Waals surface area (Å²) in [6.07, 6.45) is 4.06. The van der Waals surface area contributed by atoms with E-state index < -0.39 is 0 Å². The second-order valence-corrected chi connectivity index (χ2v) is 4.98. The van der Waals surface area contributed by atoms with Gasteiger partial charge in [-0.3, -0.25) is 4.79 Å². The number of fused-ring (bicyclic) bond motifs is 1. The summed E-state index contributed by atoms with van der Waals surface area (Å²) in [7, 11) is 0. The average molecular weight is 301 g/mol. The summed E-state index contributed by atoms with van der Waals surface area (Å²) in [6, 6.07) is 9.03. The summed E-state index contributed by atoms with van der Waals surface area (Å²) in [5, 5.41) is 3.99. The zero-order valence-corrected chi connectivity index (χ0v) is 11.9. The van der Waals surface area contributed by atoms with Gasteiger partial charge in [0, 0.05) is 30.2 Å². The smallest absolute Gasteiger partial charge is 0.252 e. The monoisotopic (exact) mass is 300 g/mol. The normalized spacial score (nSPS) is 10.7. The molecule has 0 saturated heterocycles. The highest BCUT2D eigenvalue weighted by molar-refractivity contribution is 6.30. The molecule has 1 amide bonds. The fourth-order valence-corrected chi connectivity index (χ4v) is 2.36. The number of nitrogens with zero attached hydrogens (tertiary/aromatic N) is 2. The topological polar surface area (TPSA) is 70.7 Å². The van der Waals surface area contributed by atoms with E-state index in [2.05, 4.69) is 20.3 Å². The molecule has 0 saturated carbocycles. The van der Waals surface area contributed by atoms with Crippen LogP contribution in [0.2, 0.25) is 5.15 Å². The van der Waals surface area contributed by atoms with Gasteiger partial charge in [-0.05, 0) is 12.1 Å². The van der Waals surface area contributed by atoms with E-state index in [9.17, 15) is 4.79 Å². The largest absolute Gasteiger partial charge is 0.352 e. The van der Waals surface area contributed by atoms with Crippen LogP contribution in [0.4, 0.5) is 0 Å². The van der Waals surface area contributed by atoms with Crippen molar-refractivity contribution in [3.63, 3.8) is 0 Å². The van der Waals surface area contributed by atoms with E-state index in [1.165, 1.54) is 0 Å². The highest BCUT2D eigenvalue weighted by Gasteiger charge is 2.11. The summed E-state index contributed by atoms with van der Waals surface area (Å²) in [6.45, 7) is 0.523. The van der Waals surface area contributed by atoms with Crippen molar-refractivity contribution in [1.29, 1.82) is 0 Å². The lowest BCUT2D eigenvalue weighted by Crippen LogP contribution is -2.26. The van der Waals surface area contributed by atoms with E-state index in [4.69, 9.17) is 11.6 Å². The van der Waals surface area contributed by atoms with Gasteiger partial charge in [-0.15, -0.1) is 0 Å². The molecule has 3 aromatic rings. The number of aromatic nitrogens is 3. The van der Waals surface area contributed by atoms with Crippen LogP contribution in [0.5, 0.6) is 0 Å². The van der Waals surface area contributed by atoms with Crippen LogP contribution in [-0.4, -0.2) is 27.4 Å². The van der Waals surface area contributed by atoms with Gasteiger partial charge in [-0.25, -0.2) is 9.97 Å². The highest BCUT2D eigenvalue weighted by Crippen LogP contribution is 2.20. The minimum atomic E-state index is -0.157. The lowest BCUT2D eigenvalue weighted by molar-refractivity contribution is 0.0955. The van der Waals surface area contributed by atoms with Crippen LogP contribution < -0.4 is 5.32 Å². The van der Waals surface area contributed by atoms with E-state index in [0.717, 1.165) is 11.1 Å². The van der Waals surface area contributed by atoms with Crippen molar-refractivity contribution in [3.05, 3.63) is 59.3 Å². The van der Waals surface area contributed by atoms with E-state index in [1.807, 2.05) is 24.3 Å². The van der Waals surface area contributed by atoms with E-state index in [-0.39, 0.29) is 5.91 Å². The SMILES string of the molecule is O=C(NCCc1cnc[nH]1)c1cc(Cl)nc2ccccc12. The number of para-hydroxylation sites is 1. The Bertz CT molecular complexity index is 770. The maximum atomic E-state index is 12.3. The molecule has 0 bridgehead atoms. The zero-order chi connectivity index (χ0) is 14.7. The predicted octanol–water partition coefficient (Wildman–Crippen LogP) is 2.58. The Labute approximate surface area is 126 Å². The molecule has 106 valence electrons. The molecule has 1 aromatic carbocycles. The first-order chi connectivity index (χ1) is 10.2. The van der Waals surface area contributed by atoms with Crippen molar-refractivity contribution in [2.45, 2.75) is 6.42 Å². The van der Waals surface area contributed by atoms with Crippen LogP contribution in [0.1, 0.15) is 16.1 Å². The minimum Gasteiger partial charge on any atom is -0.352 e. The number of benzene rings is 1. The van der Waals surface area contributed by atoms with Crippen LogP contribution >= 0.6 is 11.6 Å². The van der Waals surface area contributed by atoms with Crippen molar-refractivity contribution >= 4 is 28.4 Å². The Morgan fingerprint density at radius 2 is 2.19 bits per heavy atom. The van der Waals surface area contributed by atoms with Crippen LogP contribution in [0.3, 0.4) is 0 Å². The number of pyridine rings is 1. The highest BCUT2D eigenvalue weighted by atomic mass is 35.5. The number of hydrogen-bond donors (Lipinski definition) is 2. The van der Waals surface area contributed by atoms with Crippen LogP contribution in [-0.2, 0) is 6.42 Å². The third-order valence-electron chi connectivity index (χ3n) is 3.16. The number of hydrogen-bond acceptors (Lipinski definition) is 3. The number of carbonyl (C=O) groups excluding carboxylic acids is 1. The zero-order valence-electron chi connectivity index (χ0n) is 11.1. The molecule has 0 radical (unpaired) electrons. The summed E-state index contributed by atoms with van der Waals surface area (Å²) in [4.78, 5) is 23.5. The van der Waals surface area contributed by atoms with Gasteiger partial charge in [0.2, 0.25) is 0 Å². The van der Waals surface area contributed by atoms with E-state index in [0.29, 0.717) is 29.2 Å². The molecule has 0 aliphatic rings. The first-order valence-electron chi connectivity index (χ1n) is 6.55. The van der Waals surface area contributed by atoms with Crippen molar-refractivity contribution in [2.24, 2.45) is 0 Å². The molecule has 5 nitrogen and oxygen atoms in total. The number of aromatic amines is 1. The van der Waals surface area contributed by atoms with Crippen molar-refractivity contribution in [2.75, 3.05) is 6.54 Å². The summed E-state index contributed by atoms with van der Waals surface area (Å²) < 4.78 is 0. The number of imidazole rings is 1. The molecule has 2 aromatic heterocycles. The third kappa shape index (κ3) is 3.03. The molecule has 21 heavy (non-hydrogen) atoms. The molecule has 6 heteroatoms. The van der Waals surface area contributed by atoms with E-state index >= 15 is 0 Å². The lowest BCUT2D eigenvalue weighted by Gasteiger charge is -2.08. The standard InChI is InChI=1S/C15H13ClN4O/c16-14-7-12(11-3-1-2-4-13(11)20-14)15(21)18-6-5-10-8-17-9-19-10/h1-4,7-9H,5-6H2,(H,17,19)(H,18,21). The molecule has 2 heterocycles. The van der Waals surface area contributed by atoms with Gasteiger partial charge < -0.3 is 10.3 Å². The van der Waals surface area contributed by atoms with Gasteiger partial charge in [0.1, 0.15) is 5.15 Å². The Kier molecular flexibility index (Phi) is 3.83. The molecule has 0 atom stereocenters. The second kappa shape index (κ2) is 5.93. The van der Waals surface area contributed by atoms with Crippen molar-refractivity contribution < 1.29 is 4.79 Å².